The minimum atomic E-state index is -0.462. The molecule has 0 aliphatic carbocycles. The van der Waals surface area contributed by atoms with Crippen molar-refractivity contribution in [1.82, 2.24) is 9.88 Å². The standard InChI is InChI=1S/C22H29N3O3/c1-16(2)13-22(15-26)9-5-11-25(22)21(27)24-18-7-8-20(17(3)12-18)28-19-6-4-10-23-14-19/h4,6-8,10,12,14,16,26H,5,9,11,13,15H2,1-3H3,(H,24,27)/t22-/m1/s1. The highest BCUT2D eigenvalue weighted by molar-refractivity contribution is 5.90. The third-order valence-corrected chi connectivity index (χ3v) is 5.21. The molecule has 2 heterocycles. The zero-order valence-electron chi connectivity index (χ0n) is 16.8. The predicted molar refractivity (Wildman–Crippen MR) is 110 cm³/mol. The van der Waals surface area contributed by atoms with E-state index in [9.17, 15) is 9.90 Å². The lowest BCUT2D eigenvalue weighted by Crippen LogP contribution is -2.52. The number of benzene rings is 1. The van der Waals surface area contributed by atoms with E-state index in [-0.39, 0.29) is 12.6 Å². The number of hydrogen-bond donors (Lipinski definition) is 2. The van der Waals surface area contributed by atoms with Gasteiger partial charge in [0.15, 0.2) is 0 Å². The van der Waals surface area contributed by atoms with Crippen molar-refractivity contribution in [3.8, 4) is 11.5 Å². The largest absolute Gasteiger partial charge is 0.455 e. The van der Waals surface area contributed by atoms with Gasteiger partial charge in [-0.1, -0.05) is 13.8 Å². The molecule has 150 valence electrons. The summed E-state index contributed by atoms with van der Waals surface area (Å²) in [6, 6.07) is 9.07. The van der Waals surface area contributed by atoms with E-state index in [1.165, 1.54) is 0 Å². The molecule has 28 heavy (non-hydrogen) atoms. The number of anilines is 1. The maximum atomic E-state index is 12.9. The van der Waals surface area contributed by atoms with E-state index in [2.05, 4.69) is 24.1 Å². The summed E-state index contributed by atoms with van der Waals surface area (Å²) in [5.41, 5.74) is 1.17. The molecule has 1 fully saturated rings. The first kappa shape index (κ1) is 20.1. The Balaban J connectivity index is 1.71. The van der Waals surface area contributed by atoms with Crippen molar-refractivity contribution in [1.29, 1.82) is 0 Å². The second-order valence-corrected chi connectivity index (χ2v) is 7.94. The van der Waals surface area contributed by atoms with Crippen LogP contribution in [0.3, 0.4) is 0 Å². The summed E-state index contributed by atoms with van der Waals surface area (Å²) in [6.07, 6.45) is 5.91. The van der Waals surface area contributed by atoms with Gasteiger partial charge in [-0.25, -0.2) is 4.79 Å². The summed E-state index contributed by atoms with van der Waals surface area (Å²) in [7, 11) is 0. The Morgan fingerprint density at radius 3 is 2.86 bits per heavy atom. The zero-order chi connectivity index (χ0) is 20.1. The number of hydrogen-bond acceptors (Lipinski definition) is 4. The molecule has 0 unspecified atom stereocenters. The number of likely N-dealkylation sites (tertiary alicyclic amines) is 1. The molecule has 2 N–H and O–H groups in total. The average molecular weight is 383 g/mol. The highest BCUT2D eigenvalue weighted by Gasteiger charge is 2.43. The van der Waals surface area contributed by atoms with Gasteiger partial charge in [-0.2, -0.15) is 0 Å². The fourth-order valence-electron chi connectivity index (χ4n) is 4.02. The number of carbonyl (C=O) groups is 1. The molecule has 6 heteroatoms. The molecular weight excluding hydrogens is 354 g/mol. The van der Waals surface area contributed by atoms with Gasteiger partial charge in [0.1, 0.15) is 11.5 Å². The number of pyridine rings is 1. The highest BCUT2D eigenvalue weighted by atomic mass is 16.5. The van der Waals surface area contributed by atoms with Gasteiger partial charge in [0.05, 0.1) is 18.3 Å². The molecule has 6 nitrogen and oxygen atoms in total. The van der Waals surface area contributed by atoms with Crippen LogP contribution in [0.15, 0.2) is 42.7 Å². The monoisotopic (exact) mass is 383 g/mol. The van der Waals surface area contributed by atoms with E-state index in [1.807, 2.05) is 42.2 Å². The van der Waals surface area contributed by atoms with Crippen LogP contribution in [0.4, 0.5) is 10.5 Å². The average Bonchev–Trinajstić information content (AvgIpc) is 3.08. The van der Waals surface area contributed by atoms with Gasteiger partial charge >= 0.3 is 6.03 Å². The normalized spacial score (nSPS) is 19.1. The van der Waals surface area contributed by atoms with Crippen LogP contribution in [0.5, 0.6) is 11.5 Å². The van der Waals surface area contributed by atoms with Crippen LogP contribution < -0.4 is 10.1 Å². The van der Waals surface area contributed by atoms with Crippen LogP contribution in [-0.2, 0) is 0 Å². The predicted octanol–water partition coefficient (Wildman–Crippen LogP) is 4.59. The van der Waals surface area contributed by atoms with Crippen LogP contribution >= 0.6 is 0 Å². The molecular formula is C22H29N3O3. The fraction of sp³-hybridized carbons (Fsp3) is 0.455. The Kier molecular flexibility index (Phi) is 6.19. The highest BCUT2D eigenvalue weighted by Crippen LogP contribution is 2.35. The summed E-state index contributed by atoms with van der Waals surface area (Å²) in [6.45, 7) is 6.84. The Hall–Kier alpha value is -2.60. The Labute approximate surface area is 166 Å². The van der Waals surface area contributed by atoms with Crippen LogP contribution in [0.25, 0.3) is 0 Å². The van der Waals surface area contributed by atoms with Crippen LogP contribution in [0.1, 0.15) is 38.7 Å². The quantitative estimate of drug-likeness (QED) is 0.765. The van der Waals surface area contributed by atoms with Crippen LogP contribution in [-0.4, -0.2) is 39.7 Å². The molecule has 0 spiro atoms. The molecule has 1 aromatic heterocycles. The number of aliphatic hydroxyl groups is 1. The summed E-state index contributed by atoms with van der Waals surface area (Å²) in [4.78, 5) is 18.8. The van der Waals surface area contributed by atoms with E-state index < -0.39 is 5.54 Å². The molecule has 0 bridgehead atoms. The molecule has 1 aromatic carbocycles. The van der Waals surface area contributed by atoms with Crippen molar-refractivity contribution < 1.29 is 14.6 Å². The van der Waals surface area contributed by atoms with Gasteiger partial charge in [-0.15, -0.1) is 0 Å². The van der Waals surface area contributed by atoms with Gasteiger partial charge in [-0.05, 0) is 68.0 Å². The first-order valence-electron chi connectivity index (χ1n) is 9.81. The summed E-state index contributed by atoms with van der Waals surface area (Å²) < 4.78 is 5.84. The van der Waals surface area contributed by atoms with Crippen molar-refractivity contribution >= 4 is 11.7 Å². The van der Waals surface area contributed by atoms with Gasteiger partial charge < -0.3 is 20.1 Å². The van der Waals surface area contributed by atoms with Gasteiger partial charge in [0.25, 0.3) is 0 Å². The lowest BCUT2D eigenvalue weighted by atomic mass is 9.87. The maximum absolute atomic E-state index is 12.9. The molecule has 0 radical (unpaired) electrons. The van der Waals surface area contributed by atoms with E-state index in [4.69, 9.17) is 4.74 Å². The molecule has 0 saturated carbocycles. The second-order valence-electron chi connectivity index (χ2n) is 7.94. The number of carbonyl (C=O) groups excluding carboxylic acids is 1. The summed E-state index contributed by atoms with van der Waals surface area (Å²) in [5.74, 6) is 1.80. The van der Waals surface area contributed by atoms with Gasteiger partial charge in [0.2, 0.25) is 0 Å². The first-order chi connectivity index (χ1) is 13.4. The van der Waals surface area contributed by atoms with Crippen molar-refractivity contribution in [2.75, 3.05) is 18.5 Å². The zero-order valence-corrected chi connectivity index (χ0v) is 16.8. The maximum Gasteiger partial charge on any atom is 0.322 e. The molecule has 2 aromatic rings. The van der Waals surface area contributed by atoms with E-state index in [0.29, 0.717) is 23.9 Å². The van der Waals surface area contributed by atoms with E-state index in [0.717, 1.165) is 30.6 Å². The number of rotatable bonds is 6. The third-order valence-electron chi connectivity index (χ3n) is 5.21. The SMILES string of the molecule is Cc1cc(NC(=O)N2CCC[C@]2(CO)CC(C)C)ccc1Oc1cccnc1. The number of aromatic nitrogens is 1. The third kappa shape index (κ3) is 4.44. The second kappa shape index (κ2) is 8.61. The Morgan fingerprint density at radius 1 is 1.39 bits per heavy atom. The first-order valence-corrected chi connectivity index (χ1v) is 9.81. The minimum absolute atomic E-state index is 0.00445. The Morgan fingerprint density at radius 2 is 2.21 bits per heavy atom. The summed E-state index contributed by atoms with van der Waals surface area (Å²) in [5, 5.41) is 13.0. The number of aryl methyl sites for hydroxylation is 1. The molecule has 1 aliphatic heterocycles. The number of aliphatic hydroxyl groups excluding tert-OH is 1. The number of urea groups is 1. The molecule has 1 aliphatic rings. The molecule has 2 amide bonds. The number of nitrogens with zero attached hydrogens (tertiary/aromatic N) is 2. The topological polar surface area (TPSA) is 74.7 Å². The Bertz CT molecular complexity index is 810. The van der Waals surface area contributed by atoms with Gasteiger partial charge in [0, 0.05) is 18.4 Å². The summed E-state index contributed by atoms with van der Waals surface area (Å²) >= 11 is 0. The van der Waals surface area contributed by atoms with Gasteiger partial charge in [-0.3, -0.25) is 4.98 Å². The molecule has 1 atom stereocenters. The smallest absolute Gasteiger partial charge is 0.322 e. The minimum Gasteiger partial charge on any atom is -0.455 e. The van der Waals surface area contributed by atoms with Crippen LogP contribution in [0, 0.1) is 12.8 Å². The lowest BCUT2D eigenvalue weighted by molar-refractivity contribution is 0.0728. The fourth-order valence-corrected chi connectivity index (χ4v) is 4.02. The van der Waals surface area contributed by atoms with Crippen molar-refractivity contribution in [3.05, 3.63) is 48.3 Å². The van der Waals surface area contributed by atoms with Crippen molar-refractivity contribution in [2.45, 2.75) is 45.6 Å². The molecule has 3 rings (SSSR count). The lowest BCUT2D eigenvalue weighted by Gasteiger charge is -2.38. The van der Waals surface area contributed by atoms with E-state index >= 15 is 0 Å². The van der Waals surface area contributed by atoms with Crippen molar-refractivity contribution in [2.24, 2.45) is 5.92 Å². The number of amides is 2. The molecule has 1 saturated heterocycles. The van der Waals surface area contributed by atoms with E-state index in [1.54, 1.807) is 12.4 Å². The van der Waals surface area contributed by atoms with Crippen molar-refractivity contribution in [3.63, 3.8) is 0 Å². The van der Waals surface area contributed by atoms with Crippen LogP contribution in [0.2, 0.25) is 0 Å². The number of nitrogens with one attached hydrogen (secondary N) is 1. The number of ether oxygens (including phenoxy) is 1.